The standard InChI is InChI=1S/C25H24N2O2S2/c1-17(2)19-8-10-20(11-9-19)23-16-31-25(26-23)27(15-22-7-4-12-30-22)14-18-5-3-6-21(13-18)24(28)29/h3-13,16-17H,14-15H2,1-2H3,(H,28,29)/p-1. The van der Waals surface area contributed by atoms with Crippen molar-refractivity contribution in [2.24, 2.45) is 0 Å². The van der Waals surface area contributed by atoms with E-state index in [1.807, 2.05) is 12.1 Å². The zero-order valence-electron chi connectivity index (χ0n) is 17.4. The third kappa shape index (κ3) is 5.21. The van der Waals surface area contributed by atoms with Gasteiger partial charge in [0.1, 0.15) is 0 Å². The van der Waals surface area contributed by atoms with Crippen molar-refractivity contribution in [3.63, 3.8) is 0 Å². The average Bonchev–Trinajstić information content (AvgIpc) is 3.46. The molecule has 6 heteroatoms. The van der Waals surface area contributed by atoms with E-state index in [4.69, 9.17) is 4.98 Å². The average molecular weight is 448 g/mol. The lowest BCUT2D eigenvalue weighted by Gasteiger charge is -2.22. The van der Waals surface area contributed by atoms with Crippen LogP contribution in [0.15, 0.2) is 71.4 Å². The summed E-state index contributed by atoms with van der Waals surface area (Å²) in [6.45, 7) is 5.66. The zero-order chi connectivity index (χ0) is 21.8. The van der Waals surface area contributed by atoms with Crippen molar-refractivity contribution in [2.45, 2.75) is 32.9 Å². The Morgan fingerprint density at radius 2 is 1.84 bits per heavy atom. The van der Waals surface area contributed by atoms with Crippen LogP contribution in [0, 0.1) is 0 Å². The topological polar surface area (TPSA) is 56.3 Å². The molecule has 0 aliphatic carbocycles. The highest BCUT2D eigenvalue weighted by Gasteiger charge is 2.15. The molecule has 2 aromatic carbocycles. The van der Waals surface area contributed by atoms with Gasteiger partial charge in [0.25, 0.3) is 0 Å². The van der Waals surface area contributed by atoms with Crippen LogP contribution in [0.2, 0.25) is 0 Å². The van der Waals surface area contributed by atoms with Crippen molar-refractivity contribution in [1.82, 2.24) is 4.98 Å². The number of thiophene rings is 1. The maximum Gasteiger partial charge on any atom is 0.186 e. The molecule has 0 saturated carbocycles. The normalized spacial score (nSPS) is 11.1. The second kappa shape index (κ2) is 9.45. The van der Waals surface area contributed by atoms with E-state index < -0.39 is 5.97 Å². The van der Waals surface area contributed by atoms with Crippen LogP contribution in [0.1, 0.15) is 46.1 Å². The number of nitrogens with zero attached hydrogens (tertiary/aromatic N) is 2. The molecule has 0 N–H and O–H groups in total. The quantitative estimate of drug-likeness (QED) is 0.355. The number of hydrogen-bond donors (Lipinski definition) is 0. The van der Waals surface area contributed by atoms with Crippen molar-refractivity contribution in [3.05, 3.63) is 93.0 Å². The summed E-state index contributed by atoms with van der Waals surface area (Å²) < 4.78 is 0. The summed E-state index contributed by atoms with van der Waals surface area (Å²) in [7, 11) is 0. The number of rotatable bonds is 8. The van der Waals surface area contributed by atoms with Crippen molar-refractivity contribution in [1.29, 1.82) is 0 Å². The maximum absolute atomic E-state index is 11.3. The van der Waals surface area contributed by atoms with Gasteiger partial charge in [-0.05, 0) is 40.1 Å². The monoisotopic (exact) mass is 447 g/mol. The molecule has 0 fully saturated rings. The number of carboxylic acids is 1. The molecule has 0 radical (unpaired) electrons. The van der Waals surface area contributed by atoms with Crippen molar-refractivity contribution in [3.8, 4) is 11.3 Å². The fourth-order valence-electron chi connectivity index (χ4n) is 3.38. The number of anilines is 1. The summed E-state index contributed by atoms with van der Waals surface area (Å²) >= 11 is 3.31. The van der Waals surface area contributed by atoms with Gasteiger partial charge in [0.05, 0.1) is 18.2 Å². The fourth-order valence-corrected chi connectivity index (χ4v) is 4.93. The summed E-state index contributed by atoms with van der Waals surface area (Å²) in [5.74, 6) is -0.661. The first-order chi connectivity index (χ1) is 15.0. The molecule has 0 bridgehead atoms. The highest BCUT2D eigenvalue weighted by molar-refractivity contribution is 7.14. The van der Waals surface area contributed by atoms with Gasteiger partial charge in [-0.25, -0.2) is 4.98 Å². The van der Waals surface area contributed by atoms with Crippen LogP contribution in [0.3, 0.4) is 0 Å². The summed E-state index contributed by atoms with van der Waals surface area (Å²) in [4.78, 5) is 19.6. The van der Waals surface area contributed by atoms with E-state index in [2.05, 4.69) is 59.8 Å². The Labute approximate surface area is 190 Å². The molecular weight excluding hydrogens is 424 g/mol. The Morgan fingerprint density at radius 3 is 2.52 bits per heavy atom. The van der Waals surface area contributed by atoms with Crippen molar-refractivity contribution < 1.29 is 9.90 Å². The Balaban J connectivity index is 1.61. The van der Waals surface area contributed by atoms with Crippen molar-refractivity contribution >= 4 is 33.8 Å². The van der Waals surface area contributed by atoms with E-state index in [1.54, 1.807) is 40.9 Å². The van der Waals surface area contributed by atoms with Gasteiger partial charge in [0.2, 0.25) is 0 Å². The minimum Gasteiger partial charge on any atom is -0.545 e. The number of carboxylic acid groups (broad SMARTS) is 1. The second-order valence-electron chi connectivity index (χ2n) is 7.72. The fraction of sp³-hybridized carbons (Fsp3) is 0.200. The number of carbonyl (C=O) groups excluding carboxylic acids is 1. The lowest BCUT2D eigenvalue weighted by atomic mass is 10.0. The van der Waals surface area contributed by atoms with Crippen LogP contribution in [-0.4, -0.2) is 11.0 Å². The molecule has 2 aromatic heterocycles. The van der Waals surface area contributed by atoms with Gasteiger partial charge in [-0.1, -0.05) is 62.4 Å². The van der Waals surface area contributed by atoms with Gasteiger partial charge in [-0.3, -0.25) is 0 Å². The van der Waals surface area contributed by atoms with E-state index in [0.29, 0.717) is 19.0 Å². The Morgan fingerprint density at radius 1 is 1.03 bits per heavy atom. The van der Waals surface area contributed by atoms with E-state index in [0.717, 1.165) is 22.0 Å². The van der Waals surface area contributed by atoms with Crippen LogP contribution in [0.4, 0.5) is 5.13 Å². The molecule has 31 heavy (non-hydrogen) atoms. The molecular formula is C25H23N2O2S2-. The van der Waals surface area contributed by atoms with Crippen LogP contribution < -0.4 is 10.0 Å². The predicted octanol–water partition coefficient (Wildman–Crippen LogP) is 5.57. The van der Waals surface area contributed by atoms with Gasteiger partial charge in [-0.2, -0.15) is 0 Å². The summed E-state index contributed by atoms with van der Waals surface area (Å²) in [5.41, 5.74) is 4.47. The molecule has 0 atom stereocenters. The molecule has 0 saturated heterocycles. The second-order valence-corrected chi connectivity index (χ2v) is 9.58. The van der Waals surface area contributed by atoms with Crippen LogP contribution in [0.5, 0.6) is 0 Å². The van der Waals surface area contributed by atoms with Crippen molar-refractivity contribution in [2.75, 3.05) is 4.90 Å². The number of hydrogen-bond acceptors (Lipinski definition) is 6. The number of benzene rings is 2. The number of aromatic nitrogens is 1. The largest absolute Gasteiger partial charge is 0.545 e. The van der Waals surface area contributed by atoms with Gasteiger partial charge >= 0.3 is 0 Å². The van der Waals surface area contributed by atoms with Crippen LogP contribution in [-0.2, 0) is 13.1 Å². The molecule has 0 spiro atoms. The summed E-state index contributed by atoms with van der Waals surface area (Å²) in [6.07, 6.45) is 0. The first-order valence-corrected chi connectivity index (χ1v) is 11.9. The van der Waals surface area contributed by atoms with Crippen LogP contribution in [0.25, 0.3) is 11.3 Å². The molecule has 4 rings (SSSR count). The zero-order valence-corrected chi connectivity index (χ0v) is 19.1. The van der Waals surface area contributed by atoms with E-state index in [-0.39, 0.29) is 5.56 Å². The predicted molar refractivity (Wildman–Crippen MR) is 127 cm³/mol. The van der Waals surface area contributed by atoms with Crippen LogP contribution >= 0.6 is 22.7 Å². The summed E-state index contributed by atoms with van der Waals surface area (Å²) in [5, 5.41) is 16.3. The van der Waals surface area contributed by atoms with E-state index in [9.17, 15) is 9.90 Å². The molecule has 0 aliphatic rings. The molecule has 158 valence electrons. The highest BCUT2D eigenvalue weighted by atomic mass is 32.1. The SMILES string of the molecule is CC(C)c1ccc(-c2csc(N(Cc3cccc(C(=O)[O-])c3)Cc3cccs3)n2)cc1. The minimum atomic E-state index is -1.16. The summed E-state index contributed by atoms with van der Waals surface area (Å²) in [6, 6.07) is 19.7. The first-order valence-electron chi connectivity index (χ1n) is 10.1. The first kappa shape index (κ1) is 21.3. The third-order valence-corrected chi connectivity index (χ3v) is 6.86. The highest BCUT2D eigenvalue weighted by Crippen LogP contribution is 2.31. The Hall–Kier alpha value is -2.96. The Bertz CT molecular complexity index is 1150. The third-order valence-electron chi connectivity index (χ3n) is 5.10. The molecule has 4 aromatic rings. The molecule has 0 aliphatic heterocycles. The van der Waals surface area contributed by atoms with E-state index in [1.165, 1.54) is 10.4 Å². The number of carbonyl (C=O) groups is 1. The smallest absolute Gasteiger partial charge is 0.186 e. The minimum absolute atomic E-state index is 0.193. The van der Waals surface area contributed by atoms with Gasteiger partial charge in [0.15, 0.2) is 5.13 Å². The van der Waals surface area contributed by atoms with Gasteiger partial charge in [0, 0.05) is 22.4 Å². The number of aromatic carboxylic acids is 1. The van der Waals surface area contributed by atoms with E-state index >= 15 is 0 Å². The van der Waals surface area contributed by atoms with Gasteiger partial charge < -0.3 is 14.8 Å². The molecule has 0 unspecified atom stereocenters. The molecule has 4 nitrogen and oxygen atoms in total. The van der Waals surface area contributed by atoms with Gasteiger partial charge in [-0.15, -0.1) is 22.7 Å². The maximum atomic E-state index is 11.3. The number of thiazole rings is 1. The molecule has 2 heterocycles. The lowest BCUT2D eigenvalue weighted by molar-refractivity contribution is -0.255. The Kier molecular flexibility index (Phi) is 6.49. The molecule has 0 amide bonds. The lowest BCUT2D eigenvalue weighted by Crippen LogP contribution is -2.24.